The van der Waals surface area contributed by atoms with E-state index < -0.39 is 5.56 Å². The Labute approximate surface area is 175 Å². The summed E-state index contributed by atoms with van der Waals surface area (Å²) < 4.78 is 1.69. The summed E-state index contributed by atoms with van der Waals surface area (Å²) in [5.41, 5.74) is 9.93. The molecule has 0 atom stereocenters. The van der Waals surface area contributed by atoms with E-state index in [0.29, 0.717) is 22.7 Å². The van der Waals surface area contributed by atoms with Crippen LogP contribution in [-0.4, -0.2) is 25.3 Å². The molecule has 0 bridgehead atoms. The average Bonchev–Trinajstić information content (AvgIpc) is 3.07. The number of hydrogen-bond acceptors (Lipinski definition) is 6. The molecule has 1 aliphatic carbocycles. The first-order chi connectivity index (χ1) is 15.0. The molecule has 150 valence electrons. The molecule has 8 heteroatoms. The van der Waals surface area contributed by atoms with Crippen LogP contribution < -0.4 is 16.6 Å². The number of nitrogens with zero attached hydrogens (tertiary/aromatic N) is 3. The summed E-state index contributed by atoms with van der Waals surface area (Å²) in [6, 6.07) is 17.3. The third-order valence-corrected chi connectivity index (χ3v) is 5.69. The third-order valence-electron chi connectivity index (χ3n) is 5.69. The monoisotopic (exact) mass is 408 g/mol. The largest absolute Gasteiger partial charge is 0.369 e. The summed E-state index contributed by atoms with van der Waals surface area (Å²) in [6.07, 6.45) is 0. The van der Waals surface area contributed by atoms with Crippen molar-refractivity contribution in [1.29, 1.82) is 0 Å². The fraction of sp³-hybridized carbons (Fsp3) is 0.0435. The van der Waals surface area contributed by atoms with Crippen molar-refractivity contribution in [3.05, 3.63) is 76.1 Å². The number of H-pyrrole nitrogens is 1. The first-order valence-corrected chi connectivity index (χ1v) is 9.71. The van der Waals surface area contributed by atoms with Crippen molar-refractivity contribution >= 4 is 45.3 Å². The van der Waals surface area contributed by atoms with Crippen LogP contribution in [0.1, 0.15) is 15.9 Å². The van der Waals surface area contributed by atoms with Gasteiger partial charge in [0, 0.05) is 29.2 Å². The average molecular weight is 408 g/mol. The number of ketones is 1. The van der Waals surface area contributed by atoms with Crippen molar-refractivity contribution in [2.45, 2.75) is 0 Å². The summed E-state index contributed by atoms with van der Waals surface area (Å²) >= 11 is 0. The fourth-order valence-electron chi connectivity index (χ4n) is 4.29. The molecule has 2 aromatic heterocycles. The predicted molar refractivity (Wildman–Crippen MR) is 120 cm³/mol. The molecular weight excluding hydrogens is 392 g/mol. The molecule has 1 aliphatic rings. The van der Waals surface area contributed by atoms with E-state index in [9.17, 15) is 9.59 Å². The molecule has 0 unspecified atom stereocenters. The van der Waals surface area contributed by atoms with E-state index in [1.807, 2.05) is 54.6 Å². The molecule has 0 amide bonds. The number of carbonyl (C=O) groups is 1. The van der Waals surface area contributed by atoms with Gasteiger partial charge in [0.15, 0.2) is 16.9 Å². The van der Waals surface area contributed by atoms with Crippen molar-refractivity contribution in [3.63, 3.8) is 0 Å². The highest BCUT2D eigenvalue weighted by Crippen LogP contribution is 2.41. The van der Waals surface area contributed by atoms with Gasteiger partial charge in [-0.05, 0) is 28.6 Å². The van der Waals surface area contributed by atoms with E-state index in [4.69, 9.17) is 5.73 Å². The molecule has 4 N–H and O–H groups in total. The third kappa shape index (κ3) is 2.42. The van der Waals surface area contributed by atoms with Gasteiger partial charge < -0.3 is 11.1 Å². The quantitative estimate of drug-likeness (QED) is 0.404. The van der Waals surface area contributed by atoms with E-state index in [1.54, 1.807) is 11.6 Å². The van der Waals surface area contributed by atoms with Gasteiger partial charge in [0.25, 0.3) is 5.56 Å². The van der Waals surface area contributed by atoms with E-state index in [-0.39, 0.29) is 17.2 Å². The first kappa shape index (κ1) is 17.4. The van der Waals surface area contributed by atoms with Crippen LogP contribution in [0, 0.1) is 0 Å². The molecule has 0 saturated heterocycles. The minimum absolute atomic E-state index is 0.0349. The number of aryl methyl sites for hydroxylation is 1. The van der Waals surface area contributed by atoms with E-state index in [0.717, 1.165) is 27.6 Å². The maximum Gasteiger partial charge on any atom is 0.280 e. The normalized spacial score (nSPS) is 12.4. The van der Waals surface area contributed by atoms with Crippen LogP contribution >= 0.6 is 0 Å². The minimum atomic E-state index is -0.392. The van der Waals surface area contributed by atoms with Gasteiger partial charge in [-0.15, -0.1) is 0 Å². The fourth-order valence-corrected chi connectivity index (χ4v) is 4.29. The van der Waals surface area contributed by atoms with Crippen LogP contribution in [0.4, 0.5) is 17.6 Å². The van der Waals surface area contributed by atoms with Crippen molar-refractivity contribution in [2.24, 2.45) is 7.05 Å². The van der Waals surface area contributed by atoms with Crippen LogP contribution in [0.15, 0.2) is 59.4 Å². The van der Waals surface area contributed by atoms with Gasteiger partial charge >= 0.3 is 0 Å². The molecule has 5 aromatic rings. The second-order valence-corrected chi connectivity index (χ2v) is 7.55. The zero-order valence-electron chi connectivity index (χ0n) is 16.4. The van der Waals surface area contributed by atoms with E-state index in [2.05, 4.69) is 20.3 Å². The molecule has 6 rings (SSSR count). The first-order valence-electron chi connectivity index (χ1n) is 9.71. The van der Waals surface area contributed by atoms with Crippen LogP contribution in [0.5, 0.6) is 0 Å². The maximum atomic E-state index is 13.0. The topological polar surface area (TPSA) is 119 Å². The summed E-state index contributed by atoms with van der Waals surface area (Å²) in [5, 5.41) is 5.18. The lowest BCUT2D eigenvalue weighted by atomic mass is 9.82. The van der Waals surface area contributed by atoms with Crippen LogP contribution in [0.3, 0.4) is 0 Å². The smallest absolute Gasteiger partial charge is 0.280 e. The minimum Gasteiger partial charge on any atom is -0.369 e. The number of imidazole rings is 1. The molecule has 2 heterocycles. The van der Waals surface area contributed by atoms with Crippen LogP contribution in [-0.2, 0) is 7.05 Å². The molecule has 0 aliphatic heterocycles. The van der Waals surface area contributed by atoms with Gasteiger partial charge in [0.2, 0.25) is 11.9 Å². The van der Waals surface area contributed by atoms with Crippen molar-refractivity contribution in [1.82, 2.24) is 19.5 Å². The van der Waals surface area contributed by atoms with Gasteiger partial charge in [-0.3, -0.25) is 19.1 Å². The molecule has 0 radical (unpaired) electrons. The molecule has 31 heavy (non-hydrogen) atoms. The lowest BCUT2D eigenvalue weighted by Gasteiger charge is -2.21. The molecule has 3 aromatic carbocycles. The van der Waals surface area contributed by atoms with Gasteiger partial charge in [0.05, 0.1) is 0 Å². The zero-order valence-corrected chi connectivity index (χ0v) is 16.4. The number of fused-ring (bicyclic) bond motifs is 3. The summed E-state index contributed by atoms with van der Waals surface area (Å²) in [7, 11) is 1.76. The number of anilines is 3. The number of hydrogen-bond donors (Lipinski definition) is 3. The number of nitrogens with two attached hydrogens (primary N) is 1. The number of nitrogens with one attached hydrogen (secondary N) is 2. The lowest BCUT2D eigenvalue weighted by molar-refractivity contribution is 0.104. The lowest BCUT2D eigenvalue weighted by Crippen LogP contribution is -2.11. The number of rotatable bonds is 2. The highest BCUT2D eigenvalue weighted by atomic mass is 16.1. The Morgan fingerprint density at radius 2 is 1.71 bits per heavy atom. The van der Waals surface area contributed by atoms with Crippen molar-refractivity contribution < 1.29 is 4.79 Å². The number of aromatic amines is 1. The van der Waals surface area contributed by atoms with Crippen LogP contribution in [0.25, 0.3) is 33.1 Å². The second-order valence-electron chi connectivity index (χ2n) is 7.55. The predicted octanol–water partition coefficient (Wildman–Crippen LogP) is 3.35. The summed E-state index contributed by atoms with van der Waals surface area (Å²) in [5.74, 6) is 0.533. The van der Waals surface area contributed by atoms with Gasteiger partial charge in [-0.25, -0.2) is 4.98 Å². The van der Waals surface area contributed by atoms with E-state index >= 15 is 0 Å². The molecule has 0 fully saturated rings. The molecular formula is C23H16N6O2. The van der Waals surface area contributed by atoms with Crippen molar-refractivity contribution in [3.8, 4) is 11.1 Å². The number of nitrogen functional groups attached to an aromatic ring is 1. The standard InChI is InChI=1S/C23H16N6O2/c1-29-20-18(21(31)28-22(24)27-20)26-23(29)25-12-9-11-5-4-8-15-17(11)16(10-12)13-6-2-3-7-14(13)19(15)30/h2-10H,1H3,(H,25,26)(H3,24,27,28,31). The highest BCUT2D eigenvalue weighted by Gasteiger charge is 2.25. The van der Waals surface area contributed by atoms with E-state index in [1.165, 1.54) is 0 Å². The number of benzene rings is 3. The highest BCUT2D eigenvalue weighted by molar-refractivity contribution is 6.26. The maximum absolute atomic E-state index is 13.0. The Morgan fingerprint density at radius 3 is 2.55 bits per heavy atom. The zero-order chi connectivity index (χ0) is 21.3. The summed E-state index contributed by atoms with van der Waals surface area (Å²) in [6.45, 7) is 0. The Morgan fingerprint density at radius 1 is 0.935 bits per heavy atom. The Hall–Kier alpha value is -4.46. The van der Waals surface area contributed by atoms with Gasteiger partial charge in [-0.1, -0.05) is 42.5 Å². The molecule has 8 nitrogen and oxygen atoms in total. The SMILES string of the molecule is Cn1c(Nc2cc3c4c(cccc4c2)C(=O)c2ccccc2-3)nc2c(=O)[nH]c(N)nc21. The Kier molecular flexibility index (Phi) is 3.38. The Bertz CT molecular complexity index is 1630. The number of carbonyl (C=O) groups excluding carboxylic acids is 1. The molecule has 0 saturated carbocycles. The van der Waals surface area contributed by atoms with Gasteiger partial charge in [0.1, 0.15) is 0 Å². The number of aromatic nitrogens is 4. The summed E-state index contributed by atoms with van der Waals surface area (Å²) in [4.78, 5) is 36.2. The van der Waals surface area contributed by atoms with Crippen LogP contribution in [0.2, 0.25) is 0 Å². The van der Waals surface area contributed by atoms with Gasteiger partial charge in [-0.2, -0.15) is 4.98 Å². The van der Waals surface area contributed by atoms with Crippen molar-refractivity contribution in [2.75, 3.05) is 11.1 Å². The second kappa shape index (κ2) is 6.02. The molecule has 0 spiro atoms. The Balaban J connectivity index is 1.57.